The van der Waals surface area contributed by atoms with Gasteiger partial charge in [0.25, 0.3) is 5.69 Å². The van der Waals surface area contributed by atoms with E-state index in [-0.39, 0.29) is 12.1 Å². The van der Waals surface area contributed by atoms with E-state index in [9.17, 15) is 19.7 Å². The molecule has 0 fully saturated rings. The smallest absolute Gasteiger partial charge is 0.326 e. The van der Waals surface area contributed by atoms with Gasteiger partial charge in [-0.05, 0) is 11.6 Å². The van der Waals surface area contributed by atoms with Gasteiger partial charge in [0.15, 0.2) is 0 Å². The molecular weight excluding hydrogens is 278 g/mol. The number of amides is 1. The zero-order valence-corrected chi connectivity index (χ0v) is 11.1. The first-order chi connectivity index (χ1) is 9.90. The third-order valence-electron chi connectivity index (χ3n) is 3.06. The molecule has 0 saturated heterocycles. The van der Waals surface area contributed by atoms with Gasteiger partial charge in [0, 0.05) is 25.6 Å². The number of non-ortho nitro benzene ring substituents is 1. The maximum atomic E-state index is 11.2. The Bertz CT molecular complexity index is 722. The summed E-state index contributed by atoms with van der Waals surface area (Å²) < 4.78 is 0. The molecule has 1 amide bonds. The third kappa shape index (κ3) is 2.99. The number of hydrogen-bond donors (Lipinski definition) is 3. The molecule has 1 aromatic heterocycles. The summed E-state index contributed by atoms with van der Waals surface area (Å²) in [5, 5.41) is 22.8. The van der Waals surface area contributed by atoms with E-state index in [0.29, 0.717) is 16.5 Å². The predicted octanol–water partition coefficient (Wildman–Crippen LogP) is 1.21. The summed E-state index contributed by atoms with van der Waals surface area (Å²) in [4.78, 5) is 35.6. The highest BCUT2D eigenvalue weighted by Crippen LogP contribution is 2.29. The van der Waals surface area contributed by atoms with Gasteiger partial charge in [0.1, 0.15) is 6.04 Å². The lowest BCUT2D eigenvalue weighted by Crippen LogP contribution is -2.41. The number of nitro groups is 1. The highest BCUT2D eigenvalue weighted by Gasteiger charge is 2.23. The number of aromatic nitrogens is 1. The summed E-state index contributed by atoms with van der Waals surface area (Å²) in [5.74, 6) is -1.67. The van der Waals surface area contributed by atoms with Crippen LogP contribution >= 0.6 is 0 Å². The van der Waals surface area contributed by atoms with Crippen LogP contribution in [0.4, 0.5) is 5.69 Å². The highest BCUT2D eigenvalue weighted by molar-refractivity contribution is 5.92. The molecule has 0 radical (unpaired) electrons. The Morgan fingerprint density at radius 3 is 2.76 bits per heavy atom. The molecule has 0 aliphatic rings. The van der Waals surface area contributed by atoms with E-state index in [0.717, 1.165) is 0 Å². The first kappa shape index (κ1) is 14.5. The van der Waals surface area contributed by atoms with Crippen LogP contribution in [0.5, 0.6) is 0 Å². The van der Waals surface area contributed by atoms with Crippen molar-refractivity contribution >= 4 is 28.5 Å². The summed E-state index contributed by atoms with van der Waals surface area (Å²) in [6, 6.07) is 3.43. The summed E-state index contributed by atoms with van der Waals surface area (Å²) >= 11 is 0. The molecule has 1 heterocycles. The molecular formula is C13H13N3O5. The summed E-state index contributed by atoms with van der Waals surface area (Å²) in [6.45, 7) is 1.22. The Kier molecular flexibility index (Phi) is 3.88. The Morgan fingerprint density at radius 2 is 2.19 bits per heavy atom. The van der Waals surface area contributed by atoms with Gasteiger partial charge in [0.05, 0.1) is 15.8 Å². The fraction of sp³-hybridized carbons (Fsp3) is 0.231. The second-order valence-corrected chi connectivity index (χ2v) is 4.57. The van der Waals surface area contributed by atoms with Crippen molar-refractivity contribution in [3.8, 4) is 0 Å². The van der Waals surface area contributed by atoms with E-state index >= 15 is 0 Å². The highest BCUT2D eigenvalue weighted by atomic mass is 16.6. The molecule has 0 saturated carbocycles. The zero-order chi connectivity index (χ0) is 15.6. The molecule has 1 aromatic carbocycles. The van der Waals surface area contributed by atoms with Gasteiger partial charge < -0.3 is 15.4 Å². The lowest BCUT2D eigenvalue weighted by atomic mass is 10.0. The first-order valence-electron chi connectivity index (χ1n) is 6.13. The van der Waals surface area contributed by atoms with Crippen molar-refractivity contribution in [2.45, 2.75) is 19.4 Å². The van der Waals surface area contributed by atoms with E-state index in [2.05, 4.69) is 10.3 Å². The minimum Gasteiger partial charge on any atom is -0.480 e. The lowest BCUT2D eigenvalue weighted by Gasteiger charge is -2.12. The van der Waals surface area contributed by atoms with Crippen molar-refractivity contribution in [3.05, 3.63) is 40.1 Å². The topological polar surface area (TPSA) is 125 Å². The molecule has 2 aromatic rings. The minimum atomic E-state index is -1.20. The van der Waals surface area contributed by atoms with Gasteiger partial charge in [-0.2, -0.15) is 0 Å². The van der Waals surface area contributed by atoms with Crippen LogP contribution in [0.3, 0.4) is 0 Å². The van der Waals surface area contributed by atoms with E-state index in [4.69, 9.17) is 5.11 Å². The van der Waals surface area contributed by atoms with Crippen LogP contribution in [0.1, 0.15) is 12.5 Å². The maximum absolute atomic E-state index is 11.2. The normalized spacial score (nSPS) is 12.0. The van der Waals surface area contributed by atoms with E-state index in [1.165, 1.54) is 19.2 Å². The Morgan fingerprint density at radius 1 is 1.48 bits per heavy atom. The number of fused-ring (bicyclic) bond motifs is 1. The number of nitrogens with one attached hydrogen (secondary N) is 2. The van der Waals surface area contributed by atoms with Gasteiger partial charge in [-0.15, -0.1) is 0 Å². The van der Waals surface area contributed by atoms with Crippen LogP contribution in [0.2, 0.25) is 0 Å². The van der Waals surface area contributed by atoms with Crippen LogP contribution < -0.4 is 5.32 Å². The number of carbonyl (C=O) groups excluding carboxylic acids is 1. The van der Waals surface area contributed by atoms with Crippen molar-refractivity contribution in [2.75, 3.05) is 0 Å². The zero-order valence-electron chi connectivity index (χ0n) is 11.1. The van der Waals surface area contributed by atoms with Gasteiger partial charge in [-0.25, -0.2) is 4.79 Å². The molecule has 2 rings (SSSR count). The molecule has 8 nitrogen and oxygen atoms in total. The number of carboxylic acids is 1. The number of nitrogens with zero attached hydrogens (tertiary/aromatic N) is 1. The molecule has 0 unspecified atom stereocenters. The van der Waals surface area contributed by atoms with Crippen molar-refractivity contribution in [3.63, 3.8) is 0 Å². The predicted molar refractivity (Wildman–Crippen MR) is 73.9 cm³/mol. The SMILES string of the molecule is CC(=O)N[C@@H](Cc1c[nH]c2cccc([N+](=O)[O-])c12)C(=O)O. The number of aliphatic carboxylic acids is 1. The van der Waals surface area contributed by atoms with Gasteiger partial charge >= 0.3 is 5.97 Å². The Labute approximate surface area is 118 Å². The van der Waals surface area contributed by atoms with E-state index in [1.54, 1.807) is 12.1 Å². The molecule has 8 heteroatoms. The van der Waals surface area contributed by atoms with Gasteiger partial charge in [-0.3, -0.25) is 14.9 Å². The van der Waals surface area contributed by atoms with E-state index in [1.807, 2.05) is 0 Å². The quantitative estimate of drug-likeness (QED) is 0.564. The summed E-state index contributed by atoms with van der Waals surface area (Å²) in [7, 11) is 0. The number of hydrogen-bond acceptors (Lipinski definition) is 4. The van der Waals surface area contributed by atoms with Crippen molar-refractivity contribution in [2.24, 2.45) is 0 Å². The number of aromatic amines is 1. The number of H-pyrrole nitrogens is 1. The van der Waals surface area contributed by atoms with Crippen molar-refractivity contribution in [1.29, 1.82) is 0 Å². The average molecular weight is 291 g/mol. The number of nitro benzene ring substituents is 1. The Balaban J connectivity index is 2.44. The van der Waals surface area contributed by atoms with Crippen LogP contribution in [-0.4, -0.2) is 32.9 Å². The third-order valence-corrected chi connectivity index (χ3v) is 3.06. The summed E-state index contributed by atoms with van der Waals surface area (Å²) in [6.07, 6.45) is 1.48. The van der Waals surface area contributed by atoms with Crippen LogP contribution in [0, 0.1) is 10.1 Å². The Hall–Kier alpha value is -2.90. The fourth-order valence-corrected chi connectivity index (χ4v) is 2.21. The van der Waals surface area contributed by atoms with Crippen LogP contribution in [0.25, 0.3) is 10.9 Å². The average Bonchev–Trinajstić information content (AvgIpc) is 2.80. The molecule has 0 bridgehead atoms. The molecule has 110 valence electrons. The first-order valence-corrected chi connectivity index (χ1v) is 6.13. The molecule has 21 heavy (non-hydrogen) atoms. The second-order valence-electron chi connectivity index (χ2n) is 4.57. The van der Waals surface area contributed by atoms with Crippen LogP contribution in [0.15, 0.2) is 24.4 Å². The molecule has 0 aliphatic heterocycles. The lowest BCUT2D eigenvalue weighted by molar-refractivity contribution is -0.383. The molecule has 0 spiro atoms. The molecule has 0 aliphatic carbocycles. The number of benzene rings is 1. The second kappa shape index (κ2) is 5.61. The monoisotopic (exact) mass is 291 g/mol. The maximum Gasteiger partial charge on any atom is 0.326 e. The van der Waals surface area contributed by atoms with Crippen molar-refractivity contribution < 1.29 is 19.6 Å². The summed E-state index contributed by atoms with van der Waals surface area (Å²) in [5.41, 5.74) is 0.917. The number of rotatable bonds is 5. The molecule has 3 N–H and O–H groups in total. The van der Waals surface area contributed by atoms with E-state index < -0.39 is 22.8 Å². The fourth-order valence-electron chi connectivity index (χ4n) is 2.21. The minimum absolute atomic E-state index is 0.0419. The standard InChI is InChI=1S/C13H13N3O5/c1-7(17)15-10(13(18)19)5-8-6-14-9-3-2-4-11(12(8)9)16(20)21/h2-4,6,10,14H,5H2,1H3,(H,15,17)(H,18,19)/t10-/m0/s1. The molecule has 1 atom stereocenters. The largest absolute Gasteiger partial charge is 0.480 e. The number of carbonyl (C=O) groups is 2. The van der Waals surface area contributed by atoms with Crippen molar-refractivity contribution in [1.82, 2.24) is 10.3 Å². The van der Waals surface area contributed by atoms with Gasteiger partial charge in [0.2, 0.25) is 5.91 Å². The van der Waals surface area contributed by atoms with Gasteiger partial charge in [-0.1, -0.05) is 6.07 Å². The number of carboxylic acid groups (broad SMARTS) is 1. The van der Waals surface area contributed by atoms with Crippen LogP contribution in [-0.2, 0) is 16.0 Å².